The zero-order valence-electron chi connectivity index (χ0n) is 13.0. The minimum Gasteiger partial charge on any atom is -0.493 e. The van der Waals surface area contributed by atoms with Crippen LogP contribution in [0.4, 0.5) is 0 Å². The third-order valence-electron chi connectivity index (χ3n) is 3.45. The van der Waals surface area contributed by atoms with Gasteiger partial charge < -0.3 is 14.8 Å². The van der Waals surface area contributed by atoms with Crippen molar-refractivity contribution in [3.63, 3.8) is 0 Å². The van der Waals surface area contributed by atoms with Gasteiger partial charge in [-0.1, -0.05) is 37.3 Å². The number of rotatable bonds is 7. The molecule has 0 spiro atoms. The predicted molar refractivity (Wildman–Crippen MR) is 85.9 cm³/mol. The Morgan fingerprint density at radius 3 is 2.57 bits per heavy atom. The summed E-state index contributed by atoms with van der Waals surface area (Å²) in [5.74, 6) is 1.56. The van der Waals surface area contributed by atoms with Crippen LogP contribution in [0.15, 0.2) is 42.5 Å². The van der Waals surface area contributed by atoms with Crippen LogP contribution in [0, 0.1) is 6.92 Å². The van der Waals surface area contributed by atoms with Crippen LogP contribution in [0.3, 0.4) is 0 Å². The van der Waals surface area contributed by atoms with E-state index < -0.39 is 0 Å². The monoisotopic (exact) mass is 285 g/mol. The van der Waals surface area contributed by atoms with Crippen molar-refractivity contribution in [3.05, 3.63) is 59.2 Å². The SMILES string of the molecule is CCNCc1ccc(OC)c(OCc2ccccc2C)c1. The molecule has 0 bridgehead atoms. The van der Waals surface area contributed by atoms with Gasteiger partial charge in [-0.25, -0.2) is 0 Å². The third kappa shape index (κ3) is 4.23. The second-order valence-corrected chi connectivity index (χ2v) is 4.98. The van der Waals surface area contributed by atoms with E-state index in [1.165, 1.54) is 16.7 Å². The minimum atomic E-state index is 0.549. The van der Waals surface area contributed by atoms with Crippen LogP contribution in [-0.4, -0.2) is 13.7 Å². The molecule has 0 amide bonds. The summed E-state index contributed by atoms with van der Waals surface area (Å²) in [5.41, 5.74) is 3.62. The Morgan fingerprint density at radius 2 is 1.86 bits per heavy atom. The lowest BCUT2D eigenvalue weighted by molar-refractivity contribution is 0.283. The maximum atomic E-state index is 5.96. The second-order valence-electron chi connectivity index (χ2n) is 4.98. The highest BCUT2D eigenvalue weighted by Crippen LogP contribution is 2.29. The molecule has 0 fully saturated rings. The summed E-state index contributed by atoms with van der Waals surface area (Å²) in [6.45, 7) is 6.52. The van der Waals surface area contributed by atoms with Gasteiger partial charge in [0.05, 0.1) is 7.11 Å². The summed E-state index contributed by atoms with van der Waals surface area (Å²) in [6, 6.07) is 14.3. The fourth-order valence-corrected chi connectivity index (χ4v) is 2.14. The number of benzene rings is 2. The molecular formula is C18H23NO2. The second kappa shape index (κ2) is 7.70. The van der Waals surface area contributed by atoms with E-state index in [4.69, 9.17) is 9.47 Å². The Bertz CT molecular complexity index is 581. The van der Waals surface area contributed by atoms with Gasteiger partial charge in [-0.2, -0.15) is 0 Å². The minimum absolute atomic E-state index is 0.549. The standard InChI is InChI=1S/C18H23NO2/c1-4-19-12-15-9-10-17(20-3)18(11-15)21-13-16-8-6-5-7-14(16)2/h5-11,19H,4,12-13H2,1-3H3. The first-order valence-electron chi connectivity index (χ1n) is 7.29. The van der Waals surface area contributed by atoms with Gasteiger partial charge in [0.2, 0.25) is 0 Å². The fourth-order valence-electron chi connectivity index (χ4n) is 2.14. The number of hydrogen-bond donors (Lipinski definition) is 1. The quantitative estimate of drug-likeness (QED) is 0.841. The van der Waals surface area contributed by atoms with Gasteiger partial charge in [-0.15, -0.1) is 0 Å². The zero-order chi connectivity index (χ0) is 15.1. The van der Waals surface area contributed by atoms with Gasteiger partial charge in [0, 0.05) is 6.54 Å². The molecule has 0 aromatic heterocycles. The highest BCUT2D eigenvalue weighted by atomic mass is 16.5. The maximum Gasteiger partial charge on any atom is 0.161 e. The first kappa shape index (κ1) is 15.4. The number of methoxy groups -OCH3 is 1. The zero-order valence-corrected chi connectivity index (χ0v) is 13.0. The van der Waals surface area contributed by atoms with Crippen LogP contribution in [0.1, 0.15) is 23.6 Å². The molecule has 0 heterocycles. The molecule has 3 nitrogen and oxygen atoms in total. The average molecular weight is 285 g/mol. The molecule has 1 N–H and O–H groups in total. The first-order valence-corrected chi connectivity index (χ1v) is 7.29. The molecule has 21 heavy (non-hydrogen) atoms. The highest BCUT2D eigenvalue weighted by Gasteiger charge is 2.07. The summed E-state index contributed by atoms with van der Waals surface area (Å²) < 4.78 is 11.3. The van der Waals surface area contributed by atoms with Crippen molar-refractivity contribution in [2.24, 2.45) is 0 Å². The topological polar surface area (TPSA) is 30.5 Å². The molecular weight excluding hydrogens is 262 g/mol. The molecule has 0 aliphatic carbocycles. The molecule has 3 heteroatoms. The first-order chi connectivity index (χ1) is 10.2. The predicted octanol–water partition coefficient (Wildman–Crippen LogP) is 3.69. The molecule has 0 saturated heterocycles. The van der Waals surface area contributed by atoms with Gasteiger partial charge in [-0.3, -0.25) is 0 Å². The highest BCUT2D eigenvalue weighted by molar-refractivity contribution is 5.43. The Hall–Kier alpha value is -2.00. The molecule has 0 aliphatic heterocycles. The summed E-state index contributed by atoms with van der Waals surface area (Å²) in [4.78, 5) is 0. The number of hydrogen-bond acceptors (Lipinski definition) is 3. The van der Waals surface area contributed by atoms with E-state index in [-0.39, 0.29) is 0 Å². The van der Waals surface area contributed by atoms with Gasteiger partial charge >= 0.3 is 0 Å². The van der Waals surface area contributed by atoms with Crippen LogP contribution in [0.25, 0.3) is 0 Å². The Labute approximate surface area is 126 Å². The molecule has 2 aromatic rings. The van der Waals surface area contributed by atoms with E-state index in [9.17, 15) is 0 Å². The van der Waals surface area contributed by atoms with Crippen LogP contribution < -0.4 is 14.8 Å². The summed E-state index contributed by atoms with van der Waals surface area (Å²) in [5, 5.41) is 3.32. The lowest BCUT2D eigenvalue weighted by Crippen LogP contribution is -2.11. The molecule has 0 atom stereocenters. The van der Waals surface area contributed by atoms with Crippen molar-refractivity contribution in [1.29, 1.82) is 0 Å². The smallest absolute Gasteiger partial charge is 0.161 e. The molecule has 112 valence electrons. The number of nitrogens with one attached hydrogen (secondary N) is 1. The molecule has 2 aromatic carbocycles. The van der Waals surface area contributed by atoms with Crippen molar-refractivity contribution in [1.82, 2.24) is 5.32 Å². The molecule has 0 aliphatic rings. The summed E-state index contributed by atoms with van der Waals surface area (Å²) in [6.07, 6.45) is 0. The number of aryl methyl sites for hydroxylation is 1. The molecule has 0 radical (unpaired) electrons. The molecule has 0 saturated carbocycles. The largest absolute Gasteiger partial charge is 0.493 e. The van der Waals surface area contributed by atoms with E-state index in [1.54, 1.807) is 7.11 Å². The van der Waals surface area contributed by atoms with Gasteiger partial charge in [0.1, 0.15) is 6.61 Å². The van der Waals surface area contributed by atoms with E-state index in [0.717, 1.165) is 24.6 Å². The van der Waals surface area contributed by atoms with Crippen molar-refractivity contribution < 1.29 is 9.47 Å². The fraction of sp³-hybridized carbons (Fsp3) is 0.333. The van der Waals surface area contributed by atoms with Crippen LogP contribution in [0.2, 0.25) is 0 Å². The summed E-state index contributed by atoms with van der Waals surface area (Å²) in [7, 11) is 1.67. The van der Waals surface area contributed by atoms with Crippen LogP contribution in [0.5, 0.6) is 11.5 Å². The van der Waals surface area contributed by atoms with Gasteiger partial charge in [0.25, 0.3) is 0 Å². The van der Waals surface area contributed by atoms with Crippen LogP contribution in [-0.2, 0) is 13.2 Å². The summed E-state index contributed by atoms with van der Waals surface area (Å²) >= 11 is 0. The van der Waals surface area contributed by atoms with Crippen molar-refractivity contribution in [2.45, 2.75) is 27.0 Å². The third-order valence-corrected chi connectivity index (χ3v) is 3.45. The molecule has 0 unspecified atom stereocenters. The van der Waals surface area contributed by atoms with Gasteiger partial charge in [-0.05, 0) is 42.3 Å². The lowest BCUT2D eigenvalue weighted by Gasteiger charge is -2.13. The molecule has 2 rings (SSSR count). The van der Waals surface area contributed by atoms with Crippen LogP contribution >= 0.6 is 0 Å². The normalized spacial score (nSPS) is 10.4. The van der Waals surface area contributed by atoms with Crippen molar-refractivity contribution in [2.75, 3.05) is 13.7 Å². The Morgan fingerprint density at radius 1 is 1.05 bits per heavy atom. The van der Waals surface area contributed by atoms with Gasteiger partial charge in [0.15, 0.2) is 11.5 Å². The van der Waals surface area contributed by atoms with E-state index in [0.29, 0.717) is 6.61 Å². The van der Waals surface area contributed by atoms with E-state index in [1.807, 2.05) is 24.3 Å². The Balaban J connectivity index is 2.12. The van der Waals surface area contributed by atoms with E-state index >= 15 is 0 Å². The average Bonchev–Trinajstić information content (AvgIpc) is 2.52. The Kier molecular flexibility index (Phi) is 5.64. The van der Waals surface area contributed by atoms with Crippen molar-refractivity contribution in [3.8, 4) is 11.5 Å². The number of ether oxygens (including phenoxy) is 2. The maximum absolute atomic E-state index is 5.96. The van der Waals surface area contributed by atoms with E-state index in [2.05, 4.69) is 37.4 Å². The lowest BCUT2D eigenvalue weighted by atomic mass is 10.1. The van der Waals surface area contributed by atoms with Crippen molar-refractivity contribution >= 4 is 0 Å².